The lowest BCUT2D eigenvalue weighted by atomic mass is 9.98. The molecule has 28 heavy (non-hydrogen) atoms. The first-order chi connectivity index (χ1) is 13.4. The van der Waals surface area contributed by atoms with E-state index in [1.807, 2.05) is 31.2 Å². The number of amides is 1. The Kier molecular flexibility index (Phi) is 4.79. The van der Waals surface area contributed by atoms with Crippen LogP contribution in [0.25, 0.3) is 0 Å². The minimum Gasteiger partial charge on any atom is -0.497 e. The standard InChI is InChI=1S/C21H24N2O4S/c1-14-3-4-16-11-18(27-2)7-10-20(16)23(14)28(25,26)19-8-5-15(6-9-19)17-12-21(24)22-13-17/h5-11,14,17H,3-4,12-13H2,1-2H3,(H,22,24)/t14-,17+/m0/s1. The van der Waals surface area contributed by atoms with Crippen molar-refractivity contribution in [2.45, 2.75) is 43.0 Å². The number of benzene rings is 2. The van der Waals surface area contributed by atoms with Gasteiger partial charge in [-0.1, -0.05) is 12.1 Å². The van der Waals surface area contributed by atoms with Crippen molar-refractivity contribution in [1.29, 1.82) is 0 Å². The summed E-state index contributed by atoms with van der Waals surface area (Å²) in [4.78, 5) is 11.7. The first-order valence-electron chi connectivity index (χ1n) is 9.48. The Bertz CT molecular complexity index is 1000. The number of methoxy groups -OCH3 is 1. The van der Waals surface area contributed by atoms with Gasteiger partial charge < -0.3 is 10.1 Å². The van der Waals surface area contributed by atoms with E-state index in [0.717, 1.165) is 29.7 Å². The number of sulfonamides is 1. The molecule has 0 saturated carbocycles. The quantitative estimate of drug-likeness (QED) is 0.856. The summed E-state index contributed by atoms with van der Waals surface area (Å²) in [6.07, 6.45) is 2.03. The molecular formula is C21H24N2O4S. The average molecular weight is 401 g/mol. The summed E-state index contributed by atoms with van der Waals surface area (Å²) in [6, 6.07) is 12.4. The second kappa shape index (κ2) is 7.13. The Labute approximate surface area is 165 Å². The minimum absolute atomic E-state index is 0.0378. The maximum Gasteiger partial charge on any atom is 0.264 e. The fourth-order valence-corrected chi connectivity index (χ4v) is 5.78. The molecular weight excluding hydrogens is 376 g/mol. The normalized spacial score (nSPS) is 21.9. The molecule has 2 aliphatic heterocycles. The summed E-state index contributed by atoms with van der Waals surface area (Å²) >= 11 is 0. The van der Waals surface area contributed by atoms with Gasteiger partial charge in [0.05, 0.1) is 17.7 Å². The lowest BCUT2D eigenvalue weighted by molar-refractivity contribution is -0.119. The number of fused-ring (bicyclic) bond motifs is 1. The molecule has 0 unspecified atom stereocenters. The smallest absolute Gasteiger partial charge is 0.264 e. The van der Waals surface area contributed by atoms with Crippen molar-refractivity contribution in [3.05, 3.63) is 53.6 Å². The topological polar surface area (TPSA) is 75.7 Å². The molecule has 0 bridgehead atoms. The molecule has 1 saturated heterocycles. The van der Waals surface area contributed by atoms with Crippen molar-refractivity contribution in [3.63, 3.8) is 0 Å². The van der Waals surface area contributed by atoms with Crippen molar-refractivity contribution in [3.8, 4) is 5.75 Å². The number of nitrogens with zero attached hydrogens (tertiary/aromatic N) is 1. The number of nitrogens with one attached hydrogen (secondary N) is 1. The second-order valence-electron chi connectivity index (χ2n) is 7.46. The highest BCUT2D eigenvalue weighted by molar-refractivity contribution is 7.92. The number of carbonyl (C=O) groups excluding carboxylic acids is 1. The van der Waals surface area contributed by atoms with Gasteiger partial charge in [-0.05, 0) is 61.2 Å². The molecule has 1 amide bonds. The fourth-order valence-electron chi connectivity index (χ4n) is 4.06. The van der Waals surface area contributed by atoms with Gasteiger partial charge in [-0.15, -0.1) is 0 Å². The van der Waals surface area contributed by atoms with Crippen LogP contribution in [0.1, 0.15) is 36.8 Å². The van der Waals surface area contributed by atoms with E-state index in [2.05, 4.69) is 5.32 Å². The SMILES string of the molecule is COc1ccc2c(c1)CC[C@H](C)N2S(=O)(=O)c1ccc([C@H]2CNC(=O)C2)cc1. The molecule has 0 aliphatic carbocycles. The Balaban J connectivity index is 1.67. The van der Waals surface area contributed by atoms with Crippen LogP contribution in [0.5, 0.6) is 5.75 Å². The van der Waals surface area contributed by atoms with E-state index >= 15 is 0 Å². The number of ether oxygens (including phenoxy) is 1. The molecule has 2 aliphatic rings. The predicted octanol–water partition coefficient (Wildman–Crippen LogP) is 2.83. The molecule has 1 fully saturated rings. The molecule has 7 heteroatoms. The molecule has 0 spiro atoms. The molecule has 0 aromatic heterocycles. The second-order valence-corrected chi connectivity index (χ2v) is 9.27. The molecule has 0 radical (unpaired) electrons. The minimum atomic E-state index is -3.69. The molecule has 2 atom stereocenters. The van der Waals surface area contributed by atoms with E-state index in [4.69, 9.17) is 4.74 Å². The van der Waals surface area contributed by atoms with Gasteiger partial charge in [0, 0.05) is 24.9 Å². The van der Waals surface area contributed by atoms with Gasteiger partial charge in [0.25, 0.3) is 10.0 Å². The Morgan fingerprint density at radius 2 is 1.89 bits per heavy atom. The molecule has 6 nitrogen and oxygen atoms in total. The number of hydrogen-bond donors (Lipinski definition) is 1. The summed E-state index contributed by atoms with van der Waals surface area (Å²) in [5.74, 6) is 0.872. The van der Waals surface area contributed by atoms with Gasteiger partial charge in [0.15, 0.2) is 0 Å². The first kappa shape index (κ1) is 18.8. The number of rotatable bonds is 4. The first-order valence-corrected chi connectivity index (χ1v) is 10.9. The van der Waals surface area contributed by atoms with Crippen LogP contribution in [0.15, 0.2) is 47.4 Å². The van der Waals surface area contributed by atoms with E-state index in [9.17, 15) is 13.2 Å². The van der Waals surface area contributed by atoms with Crippen LogP contribution in [0.3, 0.4) is 0 Å². The van der Waals surface area contributed by atoms with E-state index in [1.54, 1.807) is 25.3 Å². The summed E-state index contributed by atoms with van der Waals surface area (Å²) in [6.45, 7) is 2.54. The highest BCUT2D eigenvalue weighted by Crippen LogP contribution is 2.37. The highest BCUT2D eigenvalue weighted by Gasteiger charge is 2.34. The van der Waals surface area contributed by atoms with Gasteiger partial charge in [-0.2, -0.15) is 0 Å². The van der Waals surface area contributed by atoms with Gasteiger partial charge in [-0.25, -0.2) is 8.42 Å². The molecule has 2 heterocycles. The number of hydrogen-bond acceptors (Lipinski definition) is 4. The molecule has 2 aromatic carbocycles. The van der Waals surface area contributed by atoms with Gasteiger partial charge in [-0.3, -0.25) is 9.10 Å². The van der Waals surface area contributed by atoms with Crippen LogP contribution < -0.4 is 14.4 Å². The van der Waals surface area contributed by atoms with Crippen LogP contribution in [0, 0.1) is 0 Å². The van der Waals surface area contributed by atoms with E-state index < -0.39 is 10.0 Å². The van der Waals surface area contributed by atoms with Gasteiger partial charge >= 0.3 is 0 Å². The summed E-state index contributed by atoms with van der Waals surface area (Å²) < 4.78 is 33.7. The van der Waals surface area contributed by atoms with Crippen LogP contribution >= 0.6 is 0 Å². The third-order valence-electron chi connectivity index (χ3n) is 5.64. The van der Waals surface area contributed by atoms with E-state index in [1.165, 1.54) is 4.31 Å². The maximum atomic E-state index is 13.4. The number of anilines is 1. The molecule has 1 N–H and O–H groups in total. The molecule has 148 valence electrons. The number of aryl methyl sites for hydroxylation is 1. The van der Waals surface area contributed by atoms with Gasteiger partial charge in [0.1, 0.15) is 5.75 Å². The fraction of sp³-hybridized carbons (Fsp3) is 0.381. The lowest BCUT2D eigenvalue weighted by Crippen LogP contribution is -2.42. The van der Waals surface area contributed by atoms with E-state index in [0.29, 0.717) is 18.7 Å². The van der Waals surface area contributed by atoms with Crippen LogP contribution in [-0.4, -0.2) is 34.0 Å². The maximum absolute atomic E-state index is 13.4. The number of carbonyl (C=O) groups is 1. The third-order valence-corrected chi connectivity index (χ3v) is 7.58. The largest absolute Gasteiger partial charge is 0.497 e. The zero-order chi connectivity index (χ0) is 19.9. The van der Waals surface area contributed by atoms with Crippen molar-refractivity contribution in [2.75, 3.05) is 18.0 Å². The van der Waals surface area contributed by atoms with Crippen LogP contribution in [0.2, 0.25) is 0 Å². The Hall–Kier alpha value is -2.54. The Morgan fingerprint density at radius 1 is 1.14 bits per heavy atom. The van der Waals surface area contributed by atoms with Crippen molar-refractivity contribution >= 4 is 21.6 Å². The van der Waals surface area contributed by atoms with Crippen molar-refractivity contribution < 1.29 is 17.9 Å². The van der Waals surface area contributed by atoms with Crippen LogP contribution in [-0.2, 0) is 21.2 Å². The molecule has 4 rings (SSSR count). The van der Waals surface area contributed by atoms with E-state index in [-0.39, 0.29) is 22.8 Å². The van der Waals surface area contributed by atoms with Crippen molar-refractivity contribution in [2.24, 2.45) is 0 Å². The lowest BCUT2D eigenvalue weighted by Gasteiger charge is -2.36. The van der Waals surface area contributed by atoms with Crippen molar-refractivity contribution in [1.82, 2.24) is 5.32 Å². The summed E-state index contributed by atoms with van der Waals surface area (Å²) in [5, 5.41) is 2.82. The highest BCUT2D eigenvalue weighted by atomic mass is 32.2. The Morgan fingerprint density at radius 3 is 2.54 bits per heavy atom. The summed E-state index contributed by atoms with van der Waals surface area (Å²) in [7, 11) is -2.08. The predicted molar refractivity (Wildman–Crippen MR) is 107 cm³/mol. The average Bonchev–Trinajstić information content (AvgIpc) is 3.13. The van der Waals surface area contributed by atoms with Gasteiger partial charge in [0.2, 0.25) is 5.91 Å². The monoisotopic (exact) mass is 400 g/mol. The summed E-state index contributed by atoms with van der Waals surface area (Å²) in [5.41, 5.74) is 2.68. The van der Waals surface area contributed by atoms with Crippen LogP contribution in [0.4, 0.5) is 5.69 Å². The molecule has 2 aromatic rings. The zero-order valence-electron chi connectivity index (χ0n) is 16.0. The third kappa shape index (κ3) is 3.24. The zero-order valence-corrected chi connectivity index (χ0v) is 16.8.